The summed E-state index contributed by atoms with van der Waals surface area (Å²) < 4.78 is 42.2. The maximum absolute atomic E-state index is 12.3. The highest BCUT2D eigenvalue weighted by molar-refractivity contribution is 7.80. The third-order valence-electron chi connectivity index (χ3n) is 4.28. The van der Waals surface area contributed by atoms with Crippen LogP contribution < -0.4 is 15.5 Å². The van der Waals surface area contributed by atoms with Gasteiger partial charge < -0.3 is 10.1 Å². The van der Waals surface area contributed by atoms with Crippen LogP contribution in [0.15, 0.2) is 84.4 Å². The first-order valence-corrected chi connectivity index (χ1v) is 10.2. The fourth-order valence-corrected chi connectivity index (χ4v) is 2.94. The summed E-state index contributed by atoms with van der Waals surface area (Å²) in [6, 6.07) is 18.1. The first kappa shape index (κ1) is 22.9. The molecule has 0 aliphatic carbocycles. The van der Waals surface area contributed by atoms with Crippen molar-refractivity contribution in [3.8, 4) is 22.8 Å². The van der Waals surface area contributed by atoms with E-state index in [0.717, 1.165) is 11.1 Å². The van der Waals surface area contributed by atoms with E-state index in [2.05, 4.69) is 35.6 Å². The van der Waals surface area contributed by atoms with Crippen LogP contribution in [0.4, 0.5) is 19.0 Å². The Bertz CT molecular complexity index is 1270. The van der Waals surface area contributed by atoms with Gasteiger partial charge in [0.1, 0.15) is 17.9 Å². The minimum atomic E-state index is -4.74. The maximum atomic E-state index is 12.3. The van der Waals surface area contributed by atoms with E-state index in [1.807, 2.05) is 30.3 Å². The second-order valence-electron chi connectivity index (χ2n) is 6.72. The lowest BCUT2D eigenvalue weighted by Crippen LogP contribution is -2.24. The average Bonchev–Trinajstić information content (AvgIpc) is 3.30. The van der Waals surface area contributed by atoms with Crippen molar-refractivity contribution in [2.24, 2.45) is 5.10 Å². The SMILES string of the molecule is FC(F)(F)Oc1ccc(-n2cnc(-c3ccc(/C=N/NC(=S)Nc4ccccn4)cc3)n2)cc1. The lowest BCUT2D eigenvalue weighted by atomic mass is 10.1. The van der Waals surface area contributed by atoms with Gasteiger partial charge in [-0.15, -0.1) is 18.3 Å². The summed E-state index contributed by atoms with van der Waals surface area (Å²) in [4.78, 5) is 8.37. The molecule has 0 atom stereocenters. The molecule has 2 aromatic carbocycles. The standard InChI is InChI=1S/C22H16F3N7OS/c23-22(24,25)33-18-10-8-17(9-11-18)32-14-27-20(31-32)16-6-4-15(5-7-16)13-28-30-21(34)29-19-3-1-2-12-26-19/h1-14H,(H2,26,29,30,34)/b28-13+. The third-order valence-corrected chi connectivity index (χ3v) is 4.48. The summed E-state index contributed by atoms with van der Waals surface area (Å²) in [7, 11) is 0. The zero-order valence-electron chi connectivity index (χ0n) is 17.3. The van der Waals surface area contributed by atoms with Crippen LogP contribution in [0.5, 0.6) is 5.75 Å². The Labute approximate surface area is 197 Å². The van der Waals surface area contributed by atoms with Crippen LogP contribution >= 0.6 is 12.2 Å². The van der Waals surface area contributed by atoms with Gasteiger partial charge in [-0.25, -0.2) is 14.6 Å². The van der Waals surface area contributed by atoms with E-state index in [9.17, 15) is 13.2 Å². The molecule has 8 nitrogen and oxygen atoms in total. The van der Waals surface area contributed by atoms with Crippen molar-refractivity contribution in [1.82, 2.24) is 25.2 Å². The van der Waals surface area contributed by atoms with Gasteiger partial charge in [-0.2, -0.15) is 5.10 Å². The first-order chi connectivity index (χ1) is 16.4. The van der Waals surface area contributed by atoms with Crippen molar-refractivity contribution in [3.63, 3.8) is 0 Å². The van der Waals surface area contributed by atoms with Crippen LogP contribution in [-0.2, 0) is 0 Å². The number of anilines is 1. The molecular formula is C22H16F3N7OS. The van der Waals surface area contributed by atoms with Gasteiger partial charge in [0.2, 0.25) is 0 Å². The van der Waals surface area contributed by atoms with Gasteiger partial charge in [0.05, 0.1) is 11.9 Å². The van der Waals surface area contributed by atoms with Crippen LogP contribution in [0, 0.1) is 0 Å². The van der Waals surface area contributed by atoms with Gasteiger partial charge >= 0.3 is 6.36 Å². The number of rotatable bonds is 6. The number of nitrogens with zero attached hydrogens (tertiary/aromatic N) is 5. The van der Waals surface area contributed by atoms with Crippen molar-refractivity contribution >= 4 is 29.4 Å². The number of aromatic nitrogens is 4. The topological polar surface area (TPSA) is 89.2 Å². The predicted molar refractivity (Wildman–Crippen MR) is 125 cm³/mol. The highest BCUT2D eigenvalue weighted by Crippen LogP contribution is 2.24. The van der Waals surface area contributed by atoms with E-state index in [1.54, 1.807) is 24.5 Å². The molecule has 4 rings (SSSR count). The number of ether oxygens (including phenoxy) is 1. The quantitative estimate of drug-likeness (QED) is 0.236. The lowest BCUT2D eigenvalue weighted by Gasteiger charge is -2.09. The van der Waals surface area contributed by atoms with Crippen LogP contribution in [-0.4, -0.2) is 37.4 Å². The summed E-state index contributed by atoms with van der Waals surface area (Å²) in [5.41, 5.74) is 4.83. The number of hydrogen-bond donors (Lipinski definition) is 2. The molecular weight excluding hydrogens is 467 g/mol. The van der Waals surface area contributed by atoms with E-state index in [-0.39, 0.29) is 5.75 Å². The van der Waals surface area contributed by atoms with Crippen molar-refractivity contribution < 1.29 is 17.9 Å². The van der Waals surface area contributed by atoms with E-state index in [4.69, 9.17) is 12.2 Å². The molecule has 2 aromatic heterocycles. The van der Waals surface area contributed by atoms with Crippen molar-refractivity contribution in [1.29, 1.82) is 0 Å². The summed E-state index contributed by atoms with van der Waals surface area (Å²) >= 11 is 5.16. The third kappa shape index (κ3) is 6.36. The number of thiocarbonyl (C=S) groups is 1. The van der Waals surface area contributed by atoms with Crippen LogP contribution in [0.1, 0.15) is 5.56 Å². The van der Waals surface area contributed by atoms with Gasteiger partial charge in [-0.3, -0.25) is 5.43 Å². The highest BCUT2D eigenvalue weighted by Gasteiger charge is 2.31. The molecule has 0 bridgehead atoms. The Kier molecular flexibility index (Phi) is 6.78. The number of alkyl halides is 3. The van der Waals surface area contributed by atoms with Gasteiger partial charge in [0.25, 0.3) is 0 Å². The summed E-state index contributed by atoms with van der Waals surface area (Å²) in [5, 5.41) is 11.7. The number of hydrazone groups is 1. The van der Waals surface area contributed by atoms with Gasteiger partial charge in [0, 0.05) is 11.8 Å². The van der Waals surface area contributed by atoms with Gasteiger partial charge in [0.15, 0.2) is 10.9 Å². The van der Waals surface area contributed by atoms with E-state index in [1.165, 1.54) is 35.3 Å². The van der Waals surface area contributed by atoms with Crippen molar-refractivity contribution in [2.75, 3.05) is 5.32 Å². The van der Waals surface area contributed by atoms with Crippen LogP contribution in [0.3, 0.4) is 0 Å². The zero-order valence-corrected chi connectivity index (χ0v) is 18.1. The second kappa shape index (κ2) is 10.1. The first-order valence-electron chi connectivity index (χ1n) is 9.75. The average molecular weight is 483 g/mol. The molecule has 0 radical (unpaired) electrons. The van der Waals surface area contributed by atoms with Crippen LogP contribution in [0.2, 0.25) is 0 Å². The Hall–Kier alpha value is -4.32. The molecule has 0 amide bonds. The fraction of sp³-hybridized carbons (Fsp3) is 0.0455. The Morgan fingerprint density at radius 2 is 1.76 bits per heavy atom. The number of benzene rings is 2. The number of pyridine rings is 1. The number of hydrogen-bond acceptors (Lipinski definition) is 6. The minimum absolute atomic E-state index is 0.305. The molecule has 0 saturated carbocycles. The Balaban J connectivity index is 1.35. The second-order valence-corrected chi connectivity index (χ2v) is 7.12. The normalized spacial score (nSPS) is 11.4. The lowest BCUT2D eigenvalue weighted by molar-refractivity contribution is -0.274. The van der Waals surface area contributed by atoms with E-state index in [0.29, 0.717) is 22.4 Å². The van der Waals surface area contributed by atoms with E-state index < -0.39 is 6.36 Å². The molecule has 0 spiro atoms. The fourth-order valence-electron chi connectivity index (χ4n) is 2.78. The zero-order chi connectivity index (χ0) is 24.0. The van der Waals surface area contributed by atoms with E-state index >= 15 is 0 Å². The molecule has 0 fully saturated rings. The molecule has 0 aliphatic heterocycles. The van der Waals surface area contributed by atoms with Crippen LogP contribution in [0.25, 0.3) is 17.1 Å². The van der Waals surface area contributed by atoms with Crippen molar-refractivity contribution in [2.45, 2.75) is 6.36 Å². The maximum Gasteiger partial charge on any atom is 0.573 e. The molecule has 0 aliphatic rings. The Morgan fingerprint density at radius 1 is 1.00 bits per heavy atom. The molecule has 34 heavy (non-hydrogen) atoms. The predicted octanol–water partition coefficient (Wildman–Crippen LogP) is 4.55. The molecule has 0 saturated heterocycles. The highest BCUT2D eigenvalue weighted by atomic mass is 32.1. The summed E-state index contributed by atoms with van der Waals surface area (Å²) in [6.45, 7) is 0. The van der Waals surface area contributed by atoms with Crippen molar-refractivity contribution in [3.05, 3.63) is 84.8 Å². The largest absolute Gasteiger partial charge is 0.573 e. The summed E-state index contributed by atoms with van der Waals surface area (Å²) in [6.07, 6.45) is -0.00914. The minimum Gasteiger partial charge on any atom is -0.406 e. The monoisotopic (exact) mass is 483 g/mol. The molecule has 4 aromatic rings. The molecule has 12 heteroatoms. The Morgan fingerprint density at radius 3 is 2.44 bits per heavy atom. The molecule has 2 N–H and O–H groups in total. The van der Waals surface area contributed by atoms with Gasteiger partial charge in [-0.1, -0.05) is 30.3 Å². The smallest absolute Gasteiger partial charge is 0.406 e. The molecule has 2 heterocycles. The number of halogens is 3. The van der Waals surface area contributed by atoms with Gasteiger partial charge in [-0.05, 0) is 54.2 Å². The summed E-state index contributed by atoms with van der Waals surface area (Å²) in [5.74, 6) is 0.756. The molecule has 0 unspecified atom stereocenters. The molecule has 172 valence electrons. The number of nitrogens with one attached hydrogen (secondary N) is 2.